The summed E-state index contributed by atoms with van der Waals surface area (Å²) in [6.07, 6.45) is 5.73. The summed E-state index contributed by atoms with van der Waals surface area (Å²) in [5.41, 5.74) is 0.631. The van der Waals surface area contributed by atoms with Crippen molar-refractivity contribution in [2.45, 2.75) is 77.4 Å². The average Bonchev–Trinajstić information content (AvgIpc) is 3.35. The van der Waals surface area contributed by atoms with E-state index in [1.165, 1.54) is 51.4 Å². The Hall–Kier alpha value is 1.04. The Morgan fingerprint density at radius 2 is 1.92 bits per heavy atom. The molecule has 0 aliphatic carbocycles. The summed E-state index contributed by atoms with van der Waals surface area (Å²) in [5.74, 6) is 0. The van der Waals surface area contributed by atoms with Gasteiger partial charge in [0.15, 0.2) is 0 Å². The molecule has 0 aromatic heterocycles. The second kappa shape index (κ2) is 14.1. The van der Waals surface area contributed by atoms with Crippen molar-refractivity contribution in [1.82, 2.24) is 10.6 Å². The Bertz CT molecular complexity index is 307. The third kappa shape index (κ3) is 11.6. The summed E-state index contributed by atoms with van der Waals surface area (Å²) in [6, 6.07) is 2.22. The van der Waals surface area contributed by atoms with E-state index in [-0.39, 0.29) is 0 Å². The second-order valence-electron chi connectivity index (χ2n) is 7.53. The van der Waals surface area contributed by atoms with E-state index in [0.717, 1.165) is 6.04 Å². The van der Waals surface area contributed by atoms with Gasteiger partial charge in [-0.2, -0.15) is 0 Å². The molecule has 24 heavy (non-hydrogen) atoms. The SMILES string of the molecule is CCCCCI(CCCNCC1CN1)C[SiH](CC)C(C)O[SiH](C)C. The van der Waals surface area contributed by atoms with E-state index in [1.54, 1.807) is 12.9 Å². The zero-order valence-electron chi connectivity index (χ0n) is 16.9. The Morgan fingerprint density at radius 1 is 1.21 bits per heavy atom. The summed E-state index contributed by atoms with van der Waals surface area (Å²) >= 11 is -0.745. The number of hydrogen-bond donors (Lipinski definition) is 2. The van der Waals surface area contributed by atoms with Crippen molar-refractivity contribution < 1.29 is 4.43 Å². The van der Waals surface area contributed by atoms with Crippen LogP contribution in [0.15, 0.2) is 0 Å². The Labute approximate surface area is 162 Å². The molecule has 2 N–H and O–H groups in total. The molecule has 3 unspecified atom stereocenters. The van der Waals surface area contributed by atoms with Crippen molar-refractivity contribution in [3.8, 4) is 0 Å². The fourth-order valence-corrected chi connectivity index (χ4v) is 22.8. The normalized spacial score (nSPS) is 20.2. The Kier molecular flexibility index (Phi) is 13.6. The number of nitrogens with one attached hydrogen (secondary N) is 2. The van der Waals surface area contributed by atoms with E-state index in [2.05, 4.69) is 44.5 Å². The fraction of sp³-hybridized carbons (Fsp3) is 1.00. The van der Waals surface area contributed by atoms with Crippen molar-refractivity contribution in [2.24, 2.45) is 0 Å². The first-order valence-electron chi connectivity index (χ1n) is 10.2. The van der Waals surface area contributed by atoms with Gasteiger partial charge in [-0.05, 0) is 0 Å². The molecule has 0 bridgehead atoms. The maximum absolute atomic E-state index is 6.31. The van der Waals surface area contributed by atoms with E-state index in [9.17, 15) is 0 Å². The van der Waals surface area contributed by atoms with Crippen LogP contribution >= 0.6 is 19.8 Å². The number of unbranched alkanes of at least 4 members (excludes halogenated alkanes) is 2. The first kappa shape index (κ1) is 23.1. The minimum atomic E-state index is -0.870. The van der Waals surface area contributed by atoms with Crippen molar-refractivity contribution in [3.05, 3.63) is 0 Å². The van der Waals surface area contributed by atoms with E-state index < -0.39 is 37.7 Å². The predicted octanol–water partition coefficient (Wildman–Crippen LogP) is 3.35. The molecule has 3 atom stereocenters. The zero-order chi connectivity index (χ0) is 17.8. The van der Waals surface area contributed by atoms with Crippen LogP contribution in [0.1, 0.15) is 46.5 Å². The first-order chi connectivity index (χ1) is 11.6. The average molecular weight is 487 g/mol. The molecule has 0 saturated carbocycles. The van der Waals surface area contributed by atoms with Crippen molar-refractivity contribution >= 4 is 37.7 Å². The fourth-order valence-electron chi connectivity index (χ4n) is 3.05. The van der Waals surface area contributed by atoms with Crippen LogP contribution in [0.25, 0.3) is 0 Å². The van der Waals surface area contributed by atoms with Gasteiger partial charge in [-0.15, -0.1) is 0 Å². The van der Waals surface area contributed by atoms with Crippen LogP contribution in [0.4, 0.5) is 0 Å². The van der Waals surface area contributed by atoms with Gasteiger partial charge in [0, 0.05) is 0 Å². The van der Waals surface area contributed by atoms with Gasteiger partial charge in [0.05, 0.1) is 0 Å². The molecular weight excluding hydrogens is 443 g/mol. The molecule has 6 heteroatoms. The molecule has 0 amide bonds. The standard InChI is InChI=1S/C18H43IN2OSi2/c1-6-8-9-11-19(12-10-13-20-14-18-15-21-18)16-24(7-2)17(3)22-23(4)5/h17-18,20-21,23-24H,6-16H2,1-5H3. The van der Waals surface area contributed by atoms with E-state index >= 15 is 0 Å². The second-order valence-corrected chi connectivity index (χ2v) is 21.5. The topological polar surface area (TPSA) is 43.2 Å². The van der Waals surface area contributed by atoms with E-state index in [4.69, 9.17) is 4.43 Å². The Balaban J connectivity index is 2.33. The van der Waals surface area contributed by atoms with Gasteiger partial charge in [0.1, 0.15) is 0 Å². The van der Waals surface area contributed by atoms with Crippen molar-refractivity contribution in [3.63, 3.8) is 0 Å². The van der Waals surface area contributed by atoms with Crippen LogP contribution in [-0.2, 0) is 4.43 Å². The summed E-state index contributed by atoms with van der Waals surface area (Å²) in [6.45, 7) is 15.5. The van der Waals surface area contributed by atoms with Gasteiger partial charge < -0.3 is 0 Å². The minimum absolute atomic E-state index is 0.631. The number of halogens is 1. The molecule has 3 nitrogen and oxygen atoms in total. The van der Waals surface area contributed by atoms with Crippen LogP contribution in [0.3, 0.4) is 0 Å². The van der Waals surface area contributed by atoms with E-state index in [1.807, 2.05) is 0 Å². The molecule has 0 spiro atoms. The number of rotatable bonds is 16. The van der Waals surface area contributed by atoms with Crippen LogP contribution in [-0.4, -0.2) is 62.1 Å². The molecule has 0 aromatic carbocycles. The molecule has 1 fully saturated rings. The molecular formula is C18H43IN2OSi2. The summed E-state index contributed by atoms with van der Waals surface area (Å²) in [4.78, 5) is 0. The maximum atomic E-state index is 6.31. The van der Waals surface area contributed by atoms with Crippen LogP contribution in [0.2, 0.25) is 19.1 Å². The van der Waals surface area contributed by atoms with Gasteiger partial charge in [-0.1, -0.05) is 0 Å². The van der Waals surface area contributed by atoms with Gasteiger partial charge in [0.25, 0.3) is 0 Å². The summed E-state index contributed by atoms with van der Waals surface area (Å²) in [7, 11) is -1.56. The van der Waals surface area contributed by atoms with Gasteiger partial charge >= 0.3 is 163 Å². The van der Waals surface area contributed by atoms with Crippen molar-refractivity contribution in [1.29, 1.82) is 0 Å². The molecule has 1 aliphatic rings. The zero-order valence-corrected chi connectivity index (χ0v) is 21.3. The van der Waals surface area contributed by atoms with Crippen LogP contribution in [0.5, 0.6) is 0 Å². The quantitative estimate of drug-likeness (QED) is 0.116. The molecule has 1 heterocycles. The van der Waals surface area contributed by atoms with Gasteiger partial charge in [-0.25, -0.2) is 0 Å². The summed E-state index contributed by atoms with van der Waals surface area (Å²) in [5, 5.41) is 7.01. The predicted molar refractivity (Wildman–Crippen MR) is 124 cm³/mol. The van der Waals surface area contributed by atoms with Crippen LogP contribution in [0, 0.1) is 0 Å². The molecule has 1 aliphatic heterocycles. The number of hydrogen-bond acceptors (Lipinski definition) is 3. The third-order valence-corrected chi connectivity index (χ3v) is 21.1. The van der Waals surface area contributed by atoms with E-state index in [0.29, 0.717) is 5.73 Å². The molecule has 1 saturated heterocycles. The molecule has 0 aromatic rings. The van der Waals surface area contributed by atoms with Crippen molar-refractivity contribution in [2.75, 3.05) is 32.5 Å². The first-order valence-corrected chi connectivity index (χ1v) is 19.9. The van der Waals surface area contributed by atoms with Gasteiger partial charge in [-0.3, -0.25) is 0 Å². The van der Waals surface area contributed by atoms with Crippen LogP contribution < -0.4 is 10.6 Å². The third-order valence-electron chi connectivity index (χ3n) is 4.73. The Morgan fingerprint density at radius 3 is 2.50 bits per heavy atom. The molecule has 1 rings (SSSR count). The van der Waals surface area contributed by atoms with Gasteiger partial charge in [0.2, 0.25) is 0 Å². The monoisotopic (exact) mass is 486 g/mol. The summed E-state index contributed by atoms with van der Waals surface area (Å²) < 4.78 is 11.2. The molecule has 146 valence electrons. The number of alkyl halides is 3. The molecule has 0 radical (unpaired) electrons.